The average Bonchev–Trinajstić information content (AvgIpc) is 2.49. The number of hydrogen-bond donors (Lipinski definition) is 3. The topological polar surface area (TPSA) is 85.1 Å². The van der Waals surface area contributed by atoms with Gasteiger partial charge >= 0.3 is 0 Å². The summed E-state index contributed by atoms with van der Waals surface area (Å²) in [4.78, 5) is 8.05. The van der Waals surface area contributed by atoms with Crippen molar-refractivity contribution in [3.63, 3.8) is 0 Å². The van der Waals surface area contributed by atoms with Crippen molar-refractivity contribution in [1.82, 2.24) is 9.97 Å². The molecule has 0 atom stereocenters. The van der Waals surface area contributed by atoms with Crippen LogP contribution < -0.4 is 21.3 Å². The van der Waals surface area contributed by atoms with Crippen LogP contribution in [0.25, 0.3) is 0 Å². The Labute approximate surface area is 122 Å². The number of nitrogens with one attached hydrogen (secondary N) is 2. The van der Waals surface area contributed by atoms with E-state index in [4.69, 9.17) is 22.2 Å². The number of methoxy groups -OCH3 is 1. The second kappa shape index (κ2) is 6.93. The molecule has 0 saturated carbocycles. The summed E-state index contributed by atoms with van der Waals surface area (Å²) < 4.78 is 5.18. The van der Waals surface area contributed by atoms with Gasteiger partial charge in [0.15, 0.2) is 5.82 Å². The van der Waals surface area contributed by atoms with E-state index in [1.807, 2.05) is 24.3 Å². The van der Waals surface area contributed by atoms with Crippen LogP contribution in [0.1, 0.15) is 5.56 Å². The highest BCUT2D eigenvalue weighted by Gasteiger charge is 2.04. The number of hydrazine groups is 1. The monoisotopic (exact) mass is 293 g/mol. The summed E-state index contributed by atoms with van der Waals surface area (Å²) >= 11 is 6.01. The molecule has 0 radical (unpaired) electrons. The maximum atomic E-state index is 6.01. The van der Waals surface area contributed by atoms with Crippen LogP contribution in [0.2, 0.25) is 5.02 Å². The molecule has 0 amide bonds. The van der Waals surface area contributed by atoms with Gasteiger partial charge in [0, 0.05) is 6.54 Å². The molecule has 0 saturated heterocycles. The molecule has 0 unspecified atom stereocenters. The Balaban J connectivity index is 1.95. The number of ether oxygens (including phenoxy) is 1. The lowest BCUT2D eigenvalue weighted by atomic mass is 10.1. The van der Waals surface area contributed by atoms with Gasteiger partial charge in [-0.3, -0.25) is 5.43 Å². The molecule has 2 aromatic rings. The molecule has 1 aromatic heterocycles. The maximum Gasteiger partial charge on any atom is 0.239 e. The van der Waals surface area contributed by atoms with Gasteiger partial charge in [-0.15, -0.1) is 0 Å². The SMILES string of the molecule is COc1cccc(CCNc2nc(NN)ncc2Cl)c1. The molecule has 1 heterocycles. The number of halogens is 1. The van der Waals surface area contributed by atoms with E-state index in [2.05, 4.69) is 20.7 Å². The Bertz CT molecular complexity index is 578. The van der Waals surface area contributed by atoms with Gasteiger partial charge in [0.05, 0.1) is 13.3 Å². The van der Waals surface area contributed by atoms with E-state index in [1.165, 1.54) is 11.8 Å². The van der Waals surface area contributed by atoms with E-state index in [9.17, 15) is 0 Å². The molecule has 0 spiro atoms. The van der Waals surface area contributed by atoms with Gasteiger partial charge in [-0.05, 0) is 24.1 Å². The highest BCUT2D eigenvalue weighted by Crippen LogP contribution is 2.19. The minimum absolute atomic E-state index is 0.318. The fourth-order valence-corrected chi connectivity index (χ4v) is 1.87. The lowest BCUT2D eigenvalue weighted by Crippen LogP contribution is -2.13. The summed E-state index contributed by atoms with van der Waals surface area (Å²) in [6.45, 7) is 0.688. The van der Waals surface area contributed by atoms with Crippen molar-refractivity contribution in [2.24, 2.45) is 5.84 Å². The summed E-state index contributed by atoms with van der Waals surface area (Å²) in [6, 6.07) is 7.91. The predicted molar refractivity (Wildman–Crippen MR) is 80.0 cm³/mol. The minimum atomic E-state index is 0.318. The van der Waals surface area contributed by atoms with Gasteiger partial charge in [-0.2, -0.15) is 4.98 Å². The summed E-state index contributed by atoms with van der Waals surface area (Å²) in [5.74, 6) is 6.98. The Morgan fingerprint density at radius 1 is 1.40 bits per heavy atom. The molecule has 106 valence electrons. The van der Waals surface area contributed by atoms with E-state index >= 15 is 0 Å². The Morgan fingerprint density at radius 3 is 3.00 bits per heavy atom. The van der Waals surface area contributed by atoms with Crippen LogP contribution in [0.4, 0.5) is 11.8 Å². The zero-order valence-corrected chi connectivity index (χ0v) is 11.8. The van der Waals surface area contributed by atoms with Crippen LogP contribution in [0, 0.1) is 0 Å². The molecule has 0 aliphatic rings. The van der Waals surface area contributed by atoms with Crippen molar-refractivity contribution in [2.45, 2.75) is 6.42 Å². The third kappa shape index (κ3) is 3.72. The van der Waals surface area contributed by atoms with Gasteiger partial charge in [0.2, 0.25) is 5.95 Å². The quantitative estimate of drug-likeness (QED) is 0.558. The molecule has 0 fully saturated rings. The predicted octanol–water partition coefficient (Wildman–Crippen LogP) is 2.08. The maximum absolute atomic E-state index is 6.01. The first-order valence-electron chi connectivity index (χ1n) is 6.09. The summed E-state index contributed by atoms with van der Waals surface area (Å²) in [5.41, 5.74) is 3.55. The first kappa shape index (κ1) is 14.4. The number of nitrogens with two attached hydrogens (primary N) is 1. The van der Waals surface area contributed by atoms with Gasteiger partial charge in [0.25, 0.3) is 0 Å². The number of anilines is 2. The van der Waals surface area contributed by atoms with E-state index in [-0.39, 0.29) is 0 Å². The van der Waals surface area contributed by atoms with Crippen molar-refractivity contribution in [3.8, 4) is 5.75 Å². The number of aromatic nitrogens is 2. The lowest BCUT2D eigenvalue weighted by Gasteiger charge is -2.09. The van der Waals surface area contributed by atoms with Gasteiger partial charge in [0.1, 0.15) is 10.8 Å². The molecule has 0 aliphatic carbocycles. The van der Waals surface area contributed by atoms with E-state index < -0.39 is 0 Å². The highest BCUT2D eigenvalue weighted by molar-refractivity contribution is 6.32. The van der Waals surface area contributed by atoms with Crippen molar-refractivity contribution < 1.29 is 4.74 Å². The molecular formula is C13H16ClN5O. The van der Waals surface area contributed by atoms with Gasteiger partial charge in [-0.1, -0.05) is 23.7 Å². The van der Waals surface area contributed by atoms with Crippen LogP contribution in [-0.4, -0.2) is 23.6 Å². The first-order valence-corrected chi connectivity index (χ1v) is 6.46. The molecule has 0 aliphatic heterocycles. The van der Waals surface area contributed by atoms with Crippen molar-refractivity contribution in [3.05, 3.63) is 41.0 Å². The summed E-state index contributed by atoms with van der Waals surface area (Å²) in [5, 5.41) is 3.61. The van der Waals surface area contributed by atoms with Crippen LogP contribution in [0.3, 0.4) is 0 Å². The molecular weight excluding hydrogens is 278 g/mol. The number of rotatable bonds is 6. The normalized spacial score (nSPS) is 10.2. The zero-order valence-electron chi connectivity index (χ0n) is 11.1. The van der Waals surface area contributed by atoms with Crippen LogP contribution in [-0.2, 0) is 6.42 Å². The van der Waals surface area contributed by atoms with E-state index in [0.29, 0.717) is 23.3 Å². The second-order valence-electron chi connectivity index (χ2n) is 4.06. The molecule has 20 heavy (non-hydrogen) atoms. The fraction of sp³-hybridized carbons (Fsp3) is 0.231. The molecule has 0 bridgehead atoms. The second-order valence-corrected chi connectivity index (χ2v) is 4.47. The van der Waals surface area contributed by atoms with Crippen LogP contribution in [0.15, 0.2) is 30.5 Å². The van der Waals surface area contributed by atoms with Gasteiger partial charge in [-0.25, -0.2) is 10.8 Å². The summed E-state index contributed by atoms with van der Waals surface area (Å²) in [6.07, 6.45) is 2.32. The van der Waals surface area contributed by atoms with Crippen LogP contribution >= 0.6 is 11.6 Å². The van der Waals surface area contributed by atoms with Crippen molar-refractivity contribution in [1.29, 1.82) is 0 Å². The number of benzene rings is 1. The molecule has 6 nitrogen and oxygen atoms in total. The average molecular weight is 294 g/mol. The van der Waals surface area contributed by atoms with Crippen molar-refractivity contribution >= 4 is 23.4 Å². The Morgan fingerprint density at radius 2 is 2.25 bits per heavy atom. The lowest BCUT2D eigenvalue weighted by molar-refractivity contribution is 0.414. The number of hydrogen-bond acceptors (Lipinski definition) is 6. The Hall–Kier alpha value is -2.05. The molecule has 1 aromatic carbocycles. The first-order chi connectivity index (χ1) is 9.72. The zero-order chi connectivity index (χ0) is 14.4. The van der Waals surface area contributed by atoms with E-state index in [0.717, 1.165) is 12.2 Å². The van der Waals surface area contributed by atoms with E-state index in [1.54, 1.807) is 7.11 Å². The summed E-state index contributed by atoms with van der Waals surface area (Å²) in [7, 11) is 1.65. The van der Waals surface area contributed by atoms with Crippen LogP contribution in [0.5, 0.6) is 5.75 Å². The smallest absolute Gasteiger partial charge is 0.239 e. The Kier molecular flexibility index (Phi) is 4.97. The minimum Gasteiger partial charge on any atom is -0.497 e. The van der Waals surface area contributed by atoms with Gasteiger partial charge < -0.3 is 10.1 Å². The molecule has 7 heteroatoms. The third-order valence-corrected chi connectivity index (χ3v) is 2.99. The molecule has 4 N–H and O–H groups in total. The molecule has 2 rings (SSSR count). The number of nitrogens with zero attached hydrogens (tertiary/aromatic N) is 2. The third-order valence-electron chi connectivity index (χ3n) is 2.71. The highest BCUT2D eigenvalue weighted by atomic mass is 35.5. The van der Waals surface area contributed by atoms with Crippen molar-refractivity contribution in [2.75, 3.05) is 24.4 Å². The standard InChI is InChI=1S/C13H16ClN5O/c1-20-10-4-2-3-9(7-10)5-6-16-12-11(14)8-17-13(18-12)19-15/h2-4,7-8H,5-6,15H2,1H3,(H2,16,17,18,19). The number of nitrogen functional groups attached to an aromatic ring is 1. The largest absolute Gasteiger partial charge is 0.497 e. The fourth-order valence-electron chi connectivity index (χ4n) is 1.71.